The molecule has 0 aromatic carbocycles. The van der Waals surface area contributed by atoms with Crippen molar-refractivity contribution in [2.24, 2.45) is 11.7 Å². The lowest BCUT2D eigenvalue weighted by Crippen LogP contribution is -2.51. The summed E-state index contributed by atoms with van der Waals surface area (Å²) >= 11 is 1.81. The van der Waals surface area contributed by atoms with Crippen LogP contribution in [0.2, 0.25) is 0 Å². The SMILES string of the molecule is CC1CCN(CC(=O)N2CCc3sccc3C2)CC1N. The van der Waals surface area contributed by atoms with Crippen LogP contribution in [0.25, 0.3) is 0 Å². The molecule has 2 aliphatic rings. The van der Waals surface area contributed by atoms with E-state index in [2.05, 4.69) is 23.3 Å². The number of likely N-dealkylation sites (tertiary alicyclic amines) is 1. The highest BCUT2D eigenvalue weighted by Gasteiger charge is 2.27. The molecule has 1 fully saturated rings. The number of piperidine rings is 1. The van der Waals surface area contributed by atoms with Crippen molar-refractivity contribution in [3.63, 3.8) is 0 Å². The van der Waals surface area contributed by atoms with Crippen LogP contribution in [0.15, 0.2) is 11.4 Å². The molecule has 3 rings (SSSR count). The maximum absolute atomic E-state index is 12.4. The van der Waals surface area contributed by atoms with Gasteiger partial charge in [-0.1, -0.05) is 6.92 Å². The summed E-state index contributed by atoms with van der Waals surface area (Å²) < 4.78 is 0. The van der Waals surface area contributed by atoms with Gasteiger partial charge in [-0.25, -0.2) is 0 Å². The van der Waals surface area contributed by atoms with E-state index in [0.717, 1.165) is 39.0 Å². The second kappa shape index (κ2) is 5.84. The fourth-order valence-electron chi connectivity index (χ4n) is 3.07. The smallest absolute Gasteiger partial charge is 0.237 e. The molecule has 5 heteroatoms. The van der Waals surface area contributed by atoms with E-state index in [-0.39, 0.29) is 11.9 Å². The number of thiophene rings is 1. The van der Waals surface area contributed by atoms with Crippen LogP contribution < -0.4 is 5.73 Å². The number of nitrogens with zero attached hydrogens (tertiary/aromatic N) is 2. The van der Waals surface area contributed by atoms with E-state index in [4.69, 9.17) is 5.73 Å². The Morgan fingerprint density at radius 2 is 2.35 bits per heavy atom. The van der Waals surface area contributed by atoms with E-state index in [0.29, 0.717) is 12.5 Å². The Morgan fingerprint density at radius 1 is 1.50 bits per heavy atom. The van der Waals surface area contributed by atoms with Gasteiger partial charge in [0, 0.05) is 30.6 Å². The van der Waals surface area contributed by atoms with Crippen LogP contribution in [0, 0.1) is 5.92 Å². The number of carbonyl (C=O) groups excluding carboxylic acids is 1. The zero-order chi connectivity index (χ0) is 14.1. The predicted molar refractivity (Wildman–Crippen MR) is 81.6 cm³/mol. The van der Waals surface area contributed by atoms with Crippen LogP contribution in [0.4, 0.5) is 0 Å². The minimum Gasteiger partial charge on any atom is -0.337 e. The fraction of sp³-hybridized carbons (Fsp3) is 0.667. The van der Waals surface area contributed by atoms with E-state index in [1.807, 2.05) is 16.2 Å². The standard InChI is InChI=1S/C15H23N3OS/c1-11-2-5-17(9-13(11)16)10-15(19)18-6-3-14-12(8-18)4-7-20-14/h4,7,11,13H,2-3,5-6,8-10,16H2,1H3. The van der Waals surface area contributed by atoms with Gasteiger partial charge in [0.25, 0.3) is 0 Å². The number of amides is 1. The molecule has 0 spiro atoms. The Hall–Kier alpha value is -0.910. The summed E-state index contributed by atoms with van der Waals surface area (Å²) in [6, 6.07) is 2.36. The zero-order valence-corrected chi connectivity index (χ0v) is 12.9. The van der Waals surface area contributed by atoms with Crippen molar-refractivity contribution < 1.29 is 4.79 Å². The third-order valence-corrected chi connectivity index (χ3v) is 5.64. The first kappa shape index (κ1) is 14.0. The molecule has 1 saturated heterocycles. The van der Waals surface area contributed by atoms with Crippen molar-refractivity contribution in [1.82, 2.24) is 9.80 Å². The summed E-state index contributed by atoms with van der Waals surface area (Å²) in [5.74, 6) is 0.827. The van der Waals surface area contributed by atoms with Crippen molar-refractivity contribution in [3.8, 4) is 0 Å². The Labute approximate surface area is 124 Å². The van der Waals surface area contributed by atoms with Gasteiger partial charge in [0.15, 0.2) is 0 Å². The van der Waals surface area contributed by atoms with Crippen molar-refractivity contribution in [1.29, 1.82) is 0 Å². The van der Waals surface area contributed by atoms with E-state index in [1.165, 1.54) is 10.4 Å². The lowest BCUT2D eigenvalue weighted by molar-refractivity contribution is -0.133. The molecule has 1 aromatic rings. The molecule has 4 nitrogen and oxygen atoms in total. The number of fused-ring (bicyclic) bond motifs is 1. The Kier molecular flexibility index (Phi) is 4.10. The summed E-state index contributed by atoms with van der Waals surface area (Å²) in [6.07, 6.45) is 2.11. The first-order valence-corrected chi connectivity index (χ1v) is 8.32. The van der Waals surface area contributed by atoms with Crippen LogP contribution >= 0.6 is 11.3 Å². The molecule has 1 amide bonds. The van der Waals surface area contributed by atoms with Crippen LogP contribution in [0.5, 0.6) is 0 Å². The fourth-order valence-corrected chi connectivity index (χ4v) is 3.96. The normalized spacial score (nSPS) is 27.4. The van der Waals surface area contributed by atoms with E-state index in [1.54, 1.807) is 0 Å². The van der Waals surface area contributed by atoms with Gasteiger partial charge < -0.3 is 10.6 Å². The van der Waals surface area contributed by atoms with Gasteiger partial charge in [-0.05, 0) is 42.3 Å². The summed E-state index contributed by atoms with van der Waals surface area (Å²) in [5, 5.41) is 2.13. The van der Waals surface area contributed by atoms with Crippen molar-refractivity contribution in [2.45, 2.75) is 32.4 Å². The summed E-state index contributed by atoms with van der Waals surface area (Å²) in [4.78, 5) is 18.1. The number of hydrogen-bond acceptors (Lipinski definition) is 4. The highest BCUT2D eigenvalue weighted by atomic mass is 32.1. The Morgan fingerprint density at radius 3 is 3.15 bits per heavy atom. The zero-order valence-electron chi connectivity index (χ0n) is 12.0. The maximum atomic E-state index is 12.4. The number of rotatable bonds is 2. The van der Waals surface area contributed by atoms with Crippen molar-refractivity contribution >= 4 is 17.2 Å². The molecular weight excluding hydrogens is 270 g/mol. The number of carbonyl (C=O) groups is 1. The lowest BCUT2D eigenvalue weighted by Gasteiger charge is -2.36. The van der Waals surface area contributed by atoms with Gasteiger partial charge in [-0.3, -0.25) is 9.69 Å². The topological polar surface area (TPSA) is 49.6 Å². The minimum absolute atomic E-state index is 0.210. The Bertz CT molecular complexity index is 487. The van der Waals surface area contributed by atoms with E-state index < -0.39 is 0 Å². The maximum Gasteiger partial charge on any atom is 0.237 e. The molecule has 20 heavy (non-hydrogen) atoms. The molecule has 110 valence electrons. The quantitative estimate of drug-likeness (QED) is 0.894. The molecule has 0 saturated carbocycles. The third kappa shape index (κ3) is 2.90. The van der Waals surface area contributed by atoms with Gasteiger partial charge in [-0.2, -0.15) is 0 Å². The number of hydrogen-bond donors (Lipinski definition) is 1. The summed E-state index contributed by atoms with van der Waals surface area (Å²) in [6.45, 7) is 6.23. The lowest BCUT2D eigenvalue weighted by atomic mass is 9.94. The van der Waals surface area contributed by atoms with E-state index >= 15 is 0 Å². The molecule has 2 aliphatic heterocycles. The highest BCUT2D eigenvalue weighted by Crippen LogP contribution is 2.24. The average Bonchev–Trinajstić information content (AvgIpc) is 2.90. The molecule has 0 radical (unpaired) electrons. The summed E-state index contributed by atoms with van der Waals surface area (Å²) in [5.41, 5.74) is 7.44. The van der Waals surface area contributed by atoms with Crippen LogP contribution in [0.1, 0.15) is 23.8 Å². The average molecular weight is 293 g/mol. The molecule has 2 unspecified atom stereocenters. The van der Waals surface area contributed by atoms with Gasteiger partial charge in [0.05, 0.1) is 6.54 Å². The molecule has 2 atom stereocenters. The first-order valence-electron chi connectivity index (χ1n) is 7.44. The van der Waals surface area contributed by atoms with Gasteiger partial charge >= 0.3 is 0 Å². The van der Waals surface area contributed by atoms with Crippen molar-refractivity contribution in [2.75, 3.05) is 26.2 Å². The minimum atomic E-state index is 0.210. The second-order valence-corrected chi connectivity index (χ2v) is 7.10. The Balaban J connectivity index is 1.55. The van der Waals surface area contributed by atoms with Crippen LogP contribution in [0.3, 0.4) is 0 Å². The molecule has 1 aromatic heterocycles. The van der Waals surface area contributed by atoms with Crippen LogP contribution in [-0.2, 0) is 17.8 Å². The second-order valence-electron chi connectivity index (χ2n) is 6.10. The number of nitrogens with two attached hydrogens (primary N) is 1. The highest BCUT2D eigenvalue weighted by molar-refractivity contribution is 7.10. The van der Waals surface area contributed by atoms with Crippen molar-refractivity contribution in [3.05, 3.63) is 21.9 Å². The monoisotopic (exact) mass is 293 g/mol. The molecule has 0 bridgehead atoms. The largest absolute Gasteiger partial charge is 0.337 e. The molecule has 3 heterocycles. The first-order chi connectivity index (χ1) is 9.63. The van der Waals surface area contributed by atoms with Gasteiger partial charge in [0.2, 0.25) is 5.91 Å². The van der Waals surface area contributed by atoms with Gasteiger partial charge in [0.1, 0.15) is 0 Å². The van der Waals surface area contributed by atoms with Gasteiger partial charge in [-0.15, -0.1) is 11.3 Å². The predicted octanol–water partition coefficient (Wildman–Crippen LogP) is 1.30. The molecular formula is C15H23N3OS. The van der Waals surface area contributed by atoms with Crippen LogP contribution in [-0.4, -0.2) is 47.9 Å². The third-order valence-electron chi connectivity index (χ3n) is 4.62. The molecule has 2 N–H and O–H groups in total. The van der Waals surface area contributed by atoms with E-state index in [9.17, 15) is 4.79 Å². The summed E-state index contributed by atoms with van der Waals surface area (Å²) in [7, 11) is 0. The molecule has 0 aliphatic carbocycles.